The van der Waals surface area contributed by atoms with Crippen LogP contribution in [0.15, 0.2) is 36.8 Å². The first-order chi connectivity index (χ1) is 13.0. The number of nitrogens with one attached hydrogen (secondary N) is 1. The molecule has 27 heavy (non-hydrogen) atoms. The highest BCUT2D eigenvalue weighted by Gasteiger charge is 2.29. The highest BCUT2D eigenvalue weighted by atomic mass is 16.3. The molecule has 0 radical (unpaired) electrons. The van der Waals surface area contributed by atoms with Gasteiger partial charge in [0.15, 0.2) is 0 Å². The molecule has 0 saturated heterocycles. The van der Waals surface area contributed by atoms with E-state index in [2.05, 4.69) is 20.3 Å². The highest BCUT2D eigenvalue weighted by molar-refractivity contribution is 5.95. The van der Waals surface area contributed by atoms with E-state index in [1.54, 1.807) is 12.4 Å². The summed E-state index contributed by atoms with van der Waals surface area (Å²) in [6.07, 6.45) is 7.29. The topological polar surface area (TPSA) is 88.0 Å². The minimum Gasteiger partial charge on any atom is -0.396 e. The summed E-state index contributed by atoms with van der Waals surface area (Å²) in [5.74, 6) is 0.769. The number of rotatable bonds is 5. The molecule has 138 valence electrons. The Balaban J connectivity index is 1.62. The van der Waals surface area contributed by atoms with Crippen molar-refractivity contribution in [2.45, 2.75) is 32.6 Å². The third-order valence-electron chi connectivity index (χ3n) is 4.99. The fraction of sp³-hybridized carbons (Fsp3) is 0.333. The Morgan fingerprint density at radius 3 is 2.59 bits per heavy atom. The maximum atomic E-state index is 11.9. The van der Waals surface area contributed by atoms with Gasteiger partial charge in [-0.2, -0.15) is 0 Å². The number of fused-ring (bicyclic) bond motifs is 1. The SMILES string of the molecule is Cc1cc([C@H](C)CO)ncc1-c1cc2cnc(NC(=O)C3CC3)cc2cn1. The number of amides is 1. The predicted octanol–water partition coefficient (Wildman–Crippen LogP) is 3.44. The zero-order valence-electron chi connectivity index (χ0n) is 15.4. The standard InChI is InChI=1S/C21H22N4O2/c1-12-5-18(13(2)11-26)23-10-17(12)19-6-15-9-24-20(7-16(15)8-22-19)25-21(27)14-3-4-14/h5-10,13-14,26H,3-4,11H2,1-2H3,(H,24,25,27)/t13-/m1/s1. The monoisotopic (exact) mass is 362 g/mol. The van der Waals surface area contributed by atoms with Crippen molar-refractivity contribution in [3.05, 3.63) is 48.0 Å². The number of carbonyl (C=O) groups is 1. The van der Waals surface area contributed by atoms with Crippen molar-refractivity contribution in [3.8, 4) is 11.3 Å². The predicted molar refractivity (Wildman–Crippen MR) is 104 cm³/mol. The normalized spacial score (nSPS) is 14.9. The van der Waals surface area contributed by atoms with Crippen LogP contribution in [0.1, 0.15) is 36.9 Å². The van der Waals surface area contributed by atoms with Crippen LogP contribution in [-0.4, -0.2) is 32.6 Å². The highest BCUT2D eigenvalue weighted by Crippen LogP contribution is 2.30. The van der Waals surface area contributed by atoms with Crippen LogP contribution >= 0.6 is 0 Å². The van der Waals surface area contributed by atoms with E-state index in [0.29, 0.717) is 5.82 Å². The lowest BCUT2D eigenvalue weighted by atomic mass is 10.0. The maximum absolute atomic E-state index is 11.9. The summed E-state index contributed by atoms with van der Waals surface area (Å²) < 4.78 is 0. The smallest absolute Gasteiger partial charge is 0.228 e. The van der Waals surface area contributed by atoms with Crippen LogP contribution in [0.5, 0.6) is 0 Å². The van der Waals surface area contributed by atoms with Crippen molar-refractivity contribution in [1.29, 1.82) is 0 Å². The van der Waals surface area contributed by atoms with Gasteiger partial charge in [0.2, 0.25) is 5.91 Å². The second-order valence-corrected chi connectivity index (χ2v) is 7.26. The largest absolute Gasteiger partial charge is 0.396 e. The van der Waals surface area contributed by atoms with Gasteiger partial charge < -0.3 is 10.4 Å². The summed E-state index contributed by atoms with van der Waals surface area (Å²) in [5.41, 5.74) is 3.72. The Morgan fingerprint density at radius 2 is 1.89 bits per heavy atom. The Bertz CT molecular complexity index is 1010. The number of aromatic nitrogens is 3. The molecule has 3 heterocycles. The lowest BCUT2D eigenvalue weighted by Crippen LogP contribution is -2.14. The number of nitrogens with zero attached hydrogens (tertiary/aromatic N) is 3. The molecule has 1 saturated carbocycles. The Hall–Kier alpha value is -2.86. The second-order valence-electron chi connectivity index (χ2n) is 7.26. The Labute approximate surface area is 157 Å². The second kappa shape index (κ2) is 7.04. The lowest BCUT2D eigenvalue weighted by Gasteiger charge is -2.12. The van der Waals surface area contributed by atoms with Crippen LogP contribution in [0.4, 0.5) is 5.82 Å². The van der Waals surface area contributed by atoms with Gasteiger partial charge in [-0.25, -0.2) is 4.98 Å². The quantitative estimate of drug-likeness (QED) is 0.726. The van der Waals surface area contributed by atoms with Crippen LogP contribution in [0.2, 0.25) is 0 Å². The molecule has 2 N–H and O–H groups in total. The molecule has 0 bridgehead atoms. The van der Waals surface area contributed by atoms with Gasteiger partial charge >= 0.3 is 0 Å². The zero-order chi connectivity index (χ0) is 19.0. The molecule has 1 fully saturated rings. The average Bonchev–Trinajstić information content (AvgIpc) is 3.52. The third-order valence-corrected chi connectivity index (χ3v) is 4.99. The number of aryl methyl sites for hydroxylation is 1. The molecule has 6 nitrogen and oxygen atoms in total. The van der Waals surface area contributed by atoms with E-state index in [1.807, 2.05) is 38.2 Å². The van der Waals surface area contributed by atoms with Crippen LogP contribution in [-0.2, 0) is 4.79 Å². The minimum atomic E-state index is 0.00998. The van der Waals surface area contributed by atoms with Crippen LogP contribution in [0, 0.1) is 12.8 Å². The summed E-state index contributed by atoms with van der Waals surface area (Å²) in [6.45, 7) is 4.04. The molecule has 3 aromatic heterocycles. The first kappa shape index (κ1) is 17.5. The number of hydrogen-bond acceptors (Lipinski definition) is 5. The van der Waals surface area contributed by atoms with Gasteiger partial charge in [0.1, 0.15) is 5.82 Å². The van der Waals surface area contributed by atoms with Crippen LogP contribution in [0.25, 0.3) is 22.0 Å². The fourth-order valence-corrected chi connectivity index (χ4v) is 3.04. The van der Waals surface area contributed by atoms with E-state index in [4.69, 9.17) is 0 Å². The number of hydrogen-bond donors (Lipinski definition) is 2. The van der Waals surface area contributed by atoms with E-state index in [9.17, 15) is 9.90 Å². The molecule has 0 spiro atoms. The van der Waals surface area contributed by atoms with E-state index in [-0.39, 0.29) is 24.3 Å². The van der Waals surface area contributed by atoms with Gasteiger partial charge in [0.05, 0.1) is 12.3 Å². The molecular formula is C21H22N4O2. The Kier molecular flexibility index (Phi) is 4.58. The fourth-order valence-electron chi connectivity index (χ4n) is 3.04. The van der Waals surface area contributed by atoms with E-state index >= 15 is 0 Å². The molecular weight excluding hydrogens is 340 g/mol. The van der Waals surface area contributed by atoms with E-state index in [0.717, 1.165) is 46.1 Å². The van der Waals surface area contributed by atoms with Gasteiger partial charge in [0.25, 0.3) is 0 Å². The van der Waals surface area contributed by atoms with Crippen molar-refractivity contribution in [3.63, 3.8) is 0 Å². The first-order valence-corrected chi connectivity index (χ1v) is 9.19. The molecule has 0 aromatic carbocycles. The van der Waals surface area contributed by atoms with Crippen molar-refractivity contribution in [1.82, 2.24) is 15.0 Å². The summed E-state index contributed by atoms with van der Waals surface area (Å²) in [5, 5.41) is 14.1. The van der Waals surface area contributed by atoms with Crippen LogP contribution in [0.3, 0.4) is 0 Å². The zero-order valence-corrected chi connectivity index (χ0v) is 15.4. The molecule has 1 atom stereocenters. The summed E-state index contributed by atoms with van der Waals surface area (Å²) in [7, 11) is 0. The average molecular weight is 362 g/mol. The molecule has 3 aromatic rings. The number of pyridine rings is 3. The number of aliphatic hydroxyl groups is 1. The van der Waals surface area contributed by atoms with Gasteiger partial charge in [-0.15, -0.1) is 0 Å². The van der Waals surface area contributed by atoms with Crippen LogP contribution < -0.4 is 5.32 Å². The maximum Gasteiger partial charge on any atom is 0.228 e. The molecule has 0 aliphatic heterocycles. The van der Waals surface area contributed by atoms with Gasteiger partial charge in [-0.05, 0) is 43.5 Å². The third kappa shape index (κ3) is 3.66. The van der Waals surface area contributed by atoms with Crippen molar-refractivity contribution in [2.24, 2.45) is 5.92 Å². The van der Waals surface area contributed by atoms with Gasteiger partial charge in [0, 0.05) is 52.5 Å². The summed E-state index contributed by atoms with van der Waals surface area (Å²) in [4.78, 5) is 25.3. The van der Waals surface area contributed by atoms with Crippen molar-refractivity contribution < 1.29 is 9.90 Å². The first-order valence-electron chi connectivity index (χ1n) is 9.19. The number of carbonyl (C=O) groups excluding carboxylic acids is 1. The molecule has 4 rings (SSSR count). The molecule has 0 unspecified atom stereocenters. The van der Waals surface area contributed by atoms with E-state index < -0.39 is 0 Å². The lowest BCUT2D eigenvalue weighted by molar-refractivity contribution is -0.117. The summed E-state index contributed by atoms with van der Waals surface area (Å²) >= 11 is 0. The van der Waals surface area contributed by atoms with E-state index in [1.165, 1.54) is 0 Å². The molecule has 6 heteroatoms. The molecule has 1 aliphatic rings. The van der Waals surface area contributed by atoms with Gasteiger partial charge in [-0.3, -0.25) is 14.8 Å². The summed E-state index contributed by atoms with van der Waals surface area (Å²) in [6, 6.07) is 5.83. The minimum absolute atomic E-state index is 0.00998. The Morgan fingerprint density at radius 1 is 1.15 bits per heavy atom. The van der Waals surface area contributed by atoms with Gasteiger partial charge in [-0.1, -0.05) is 6.92 Å². The molecule has 1 amide bonds. The number of anilines is 1. The van der Waals surface area contributed by atoms with Crippen molar-refractivity contribution >= 4 is 22.5 Å². The molecule has 1 aliphatic carbocycles. The number of aliphatic hydroxyl groups excluding tert-OH is 1. The van der Waals surface area contributed by atoms with Crippen molar-refractivity contribution in [2.75, 3.05) is 11.9 Å².